The predicted octanol–water partition coefficient (Wildman–Crippen LogP) is 1.94. The number of carboxylic acid groups (broad SMARTS) is 1. The monoisotopic (exact) mass is 250 g/mol. The van der Waals surface area contributed by atoms with Crippen molar-refractivity contribution in [3.05, 3.63) is 29.6 Å². The highest BCUT2D eigenvalue weighted by Crippen LogP contribution is 2.08. The fraction of sp³-hybridized carbons (Fsp3) is 0.462. The number of amides is 1. The number of rotatable bonds is 5. The van der Waals surface area contributed by atoms with Gasteiger partial charge in [0.2, 0.25) is 0 Å². The molecule has 0 saturated carbocycles. The van der Waals surface area contributed by atoms with Gasteiger partial charge in [-0.05, 0) is 25.0 Å². The number of nitrogens with zero attached hydrogens (tertiary/aromatic N) is 1. The van der Waals surface area contributed by atoms with Crippen molar-refractivity contribution in [2.24, 2.45) is 5.92 Å². The molecular weight excluding hydrogens is 232 g/mol. The minimum Gasteiger partial charge on any atom is -0.477 e. The number of carboxylic acids is 1. The van der Waals surface area contributed by atoms with E-state index in [0.717, 1.165) is 6.42 Å². The summed E-state index contributed by atoms with van der Waals surface area (Å²) in [6, 6.07) is 4.40. The number of carbonyl (C=O) groups excluding carboxylic acids is 1. The zero-order valence-electron chi connectivity index (χ0n) is 10.8. The Balaban J connectivity index is 2.78. The number of nitrogens with one attached hydrogen (secondary N) is 1. The van der Waals surface area contributed by atoms with E-state index in [1.54, 1.807) is 0 Å². The van der Waals surface area contributed by atoms with Crippen LogP contribution in [0.1, 0.15) is 48.2 Å². The maximum atomic E-state index is 11.9. The van der Waals surface area contributed by atoms with Gasteiger partial charge in [-0.2, -0.15) is 0 Å². The first-order valence-corrected chi connectivity index (χ1v) is 5.97. The molecule has 0 aliphatic rings. The van der Waals surface area contributed by atoms with Crippen LogP contribution in [0.2, 0.25) is 0 Å². The molecule has 2 N–H and O–H groups in total. The van der Waals surface area contributed by atoms with E-state index in [2.05, 4.69) is 17.2 Å². The smallest absolute Gasteiger partial charge is 0.354 e. The average Bonchev–Trinajstić information content (AvgIpc) is 2.37. The van der Waals surface area contributed by atoms with E-state index in [9.17, 15) is 9.59 Å². The molecule has 2 atom stereocenters. The Kier molecular flexibility index (Phi) is 4.83. The molecule has 1 aromatic heterocycles. The third-order valence-electron chi connectivity index (χ3n) is 3.06. The molecule has 5 nitrogen and oxygen atoms in total. The lowest BCUT2D eigenvalue weighted by molar-refractivity contribution is 0.0690. The van der Waals surface area contributed by atoms with Crippen LogP contribution in [0.3, 0.4) is 0 Å². The summed E-state index contributed by atoms with van der Waals surface area (Å²) in [6.07, 6.45) is 0.962. The highest BCUT2D eigenvalue weighted by atomic mass is 16.4. The Morgan fingerprint density at radius 2 is 1.94 bits per heavy atom. The largest absolute Gasteiger partial charge is 0.477 e. The lowest BCUT2D eigenvalue weighted by Gasteiger charge is -2.19. The number of carbonyl (C=O) groups is 2. The summed E-state index contributed by atoms with van der Waals surface area (Å²) in [5.74, 6) is -1.12. The van der Waals surface area contributed by atoms with Gasteiger partial charge in [0.05, 0.1) is 0 Å². The van der Waals surface area contributed by atoms with Gasteiger partial charge in [-0.1, -0.05) is 26.3 Å². The molecule has 5 heteroatoms. The first-order chi connectivity index (χ1) is 8.45. The van der Waals surface area contributed by atoms with Crippen molar-refractivity contribution in [2.45, 2.75) is 33.2 Å². The van der Waals surface area contributed by atoms with Crippen molar-refractivity contribution < 1.29 is 14.7 Å². The maximum absolute atomic E-state index is 11.9. The number of pyridine rings is 1. The van der Waals surface area contributed by atoms with E-state index in [-0.39, 0.29) is 23.3 Å². The second-order valence-corrected chi connectivity index (χ2v) is 4.36. The fourth-order valence-corrected chi connectivity index (χ4v) is 1.46. The molecule has 1 heterocycles. The molecule has 98 valence electrons. The summed E-state index contributed by atoms with van der Waals surface area (Å²) >= 11 is 0. The van der Waals surface area contributed by atoms with Crippen LogP contribution in [-0.2, 0) is 0 Å². The van der Waals surface area contributed by atoms with E-state index in [4.69, 9.17) is 5.11 Å². The van der Waals surface area contributed by atoms with Crippen LogP contribution in [-0.4, -0.2) is 28.0 Å². The summed E-state index contributed by atoms with van der Waals surface area (Å²) in [5.41, 5.74) is 0.00361. The first-order valence-electron chi connectivity index (χ1n) is 5.97. The second kappa shape index (κ2) is 6.14. The molecule has 0 spiro atoms. The lowest BCUT2D eigenvalue weighted by atomic mass is 10.0. The van der Waals surface area contributed by atoms with Gasteiger partial charge in [-0.15, -0.1) is 0 Å². The topological polar surface area (TPSA) is 79.3 Å². The third-order valence-corrected chi connectivity index (χ3v) is 3.06. The number of hydrogen-bond acceptors (Lipinski definition) is 3. The van der Waals surface area contributed by atoms with Crippen LogP contribution >= 0.6 is 0 Å². The molecule has 0 saturated heterocycles. The molecule has 0 radical (unpaired) electrons. The third kappa shape index (κ3) is 3.55. The Bertz CT molecular complexity index is 446. The minimum atomic E-state index is -1.14. The van der Waals surface area contributed by atoms with Crippen molar-refractivity contribution in [1.29, 1.82) is 0 Å². The van der Waals surface area contributed by atoms with Crippen LogP contribution < -0.4 is 5.32 Å². The van der Waals surface area contributed by atoms with E-state index in [1.807, 2.05) is 13.8 Å². The highest BCUT2D eigenvalue weighted by molar-refractivity contribution is 5.94. The molecule has 0 aliphatic carbocycles. The van der Waals surface area contributed by atoms with Crippen molar-refractivity contribution in [1.82, 2.24) is 10.3 Å². The average molecular weight is 250 g/mol. The second-order valence-electron chi connectivity index (χ2n) is 4.36. The summed E-state index contributed by atoms with van der Waals surface area (Å²) in [7, 11) is 0. The van der Waals surface area contributed by atoms with Crippen LogP contribution in [0.25, 0.3) is 0 Å². The zero-order valence-corrected chi connectivity index (χ0v) is 10.8. The predicted molar refractivity (Wildman–Crippen MR) is 67.6 cm³/mol. The molecule has 0 unspecified atom stereocenters. The van der Waals surface area contributed by atoms with Gasteiger partial charge < -0.3 is 10.4 Å². The Morgan fingerprint density at radius 1 is 1.33 bits per heavy atom. The first kappa shape index (κ1) is 14.2. The molecule has 0 bridgehead atoms. The van der Waals surface area contributed by atoms with Gasteiger partial charge in [0, 0.05) is 6.04 Å². The highest BCUT2D eigenvalue weighted by Gasteiger charge is 2.16. The van der Waals surface area contributed by atoms with Crippen molar-refractivity contribution >= 4 is 11.9 Å². The molecule has 18 heavy (non-hydrogen) atoms. The Labute approximate surface area is 106 Å². The number of hydrogen-bond donors (Lipinski definition) is 2. The zero-order chi connectivity index (χ0) is 13.7. The molecule has 0 aliphatic heterocycles. The Hall–Kier alpha value is -1.91. The molecule has 0 fully saturated rings. The summed E-state index contributed by atoms with van der Waals surface area (Å²) < 4.78 is 0. The minimum absolute atomic E-state index is 0.0257. The number of aromatic carboxylic acids is 1. The van der Waals surface area contributed by atoms with Crippen LogP contribution in [0.5, 0.6) is 0 Å². The quantitative estimate of drug-likeness (QED) is 0.837. The maximum Gasteiger partial charge on any atom is 0.354 e. The van der Waals surface area contributed by atoms with Gasteiger partial charge >= 0.3 is 5.97 Å². The molecule has 1 rings (SSSR count). The van der Waals surface area contributed by atoms with Crippen molar-refractivity contribution in [3.8, 4) is 0 Å². The SMILES string of the molecule is CC[C@@H](C)[C@@H](C)NC(=O)c1cccc(C(=O)O)n1. The lowest BCUT2D eigenvalue weighted by Crippen LogP contribution is -2.37. The van der Waals surface area contributed by atoms with Crippen molar-refractivity contribution in [3.63, 3.8) is 0 Å². The fourth-order valence-electron chi connectivity index (χ4n) is 1.46. The van der Waals surface area contributed by atoms with Gasteiger partial charge in [-0.25, -0.2) is 9.78 Å². The summed E-state index contributed by atoms with van der Waals surface area (Å²) in [4.78, 5) is 26.4. The van der Waals surface area contributed by atoms with Crippen LogP contribution in [0, 0.1) is 5.92 Å². The van der Waals surface area contributed by atoms with Gasteiger partial charge in [-0.3, -0.25) is 4.79 Å². The van der Waals surface area contributed by atoms with E-state index in [0.29, 0.717) is 5.92 Å². The van der Waals surface area contributed by atoms with E-state index >= 15 is 0 Å². The molecular formula is C13H18N2O3. The molecule has 1 amide bonds. The van der Waals surface area contributed by atoms with Crippen molar-refractivity contribution in [2.75, 3.05) is 0 Å². The molecule has 0 aromatic carbocycles. The molecule has 1 aromatic rings. The van der Waals surface area contributed by atoms with Gasteiger partial charge in [0.1, 0.15) is 11.4 Å². The van der Waals surface area contributed by atoms with Crippen LogP contribution in [0.15, 0.2) is 18.2 Å². The summed E-state index contributed by atoms with van der Waals surface area (Å²) in [5, 5.41) is 11.6. The van der Waals surface area contributed by atoms with E-state index in [1.165, 1.54) is 18.2 Å². The summed E-state index contributed by atoms with van der Waals surface area (Å²) in [6.45, 7) is 6.02. The normalized spacial score (nSPS) is 13.7. The Morgan fingerprint density at radius 3 is 2.50 bits per heavy atom. The van der Waals surface area contributed by atoms with Crippen LogP contribution in [0.4, 0.5) is 0 Å². The van der Waals surface area contributed by atoms with E-state index < -0.39 is 5.97 Å². The van der Waals surface area contributed by atoms with Gasteiger partial charge in [0.15, 0.2) is 0 Å². The van der Waals surface area contributed by atoms with Gasteiger partial charge in [0.25, 0.3) is 5.91 Å². The number of aromatic nitrogens is 1. The standard InChI is InChI=1S/C13H18N2O3/c1-4-8(2)9(3)14-12(16)10-6-5-7-11(15-10)13(17)18/h5-9H,4H2,1-3H3,(H,14,16)(H,17,18)/t8-,9-/m1/s1.